The molecule has 0 aliphatic heterocycles. The predicted octanol–water partition coefficient (Wildman–Crippen LogP) is 11.2. The minimum atomic E-state index is -2.89. The van der Waals surface area contributed by atoms with Crippen molar-refractivity contribution in [1.29, 1.82) is 0 Å². The lowest BCUT2D eigenvalue weighted by molar-refractivity contribution is -0.147. The number of nitrogens with zero attached hydrogens (tertiary/aromatic N) is 2. The molecule has 0 aliphatic rings. The second kappa shape index (κ2) is 30.8. The highest BCUT2D eigenvalue weighted by Crippen LogP contribution is 2.25. The molecule has 310 valence electrons. The van der Waals surface area contributed by atoms with Gasteiger partial charge in [0.05, 0.1) is 0 Å². The van der Waals surface area contributed by atoms with Gasteiger partial charge in [-0.25, -0.2) is 17.6 Å². The molecule has 0 aromatic heterocycles. The summed E-state index contributed by atoms with van der Waals surface area (Å²) in [6.45, 7) is 9.37. The van der Waals surface area contributed by atoms with Gasteiger partial charge in [0.1, 0.15) is 12.2 Å². The Morgan fingerprint density at radius 1 is 0.547 bits per heavy atom. The molecule has 0 heterocycles. The summed E-state index contributed by atoms with van der Waals surface area (Å²) in [6, 6.07) is 0. The smallest absolute Gasteiger partial charge is 0.306 e. The van der Waals surface area contributed by atoms with Gasteiger partial charge in [-0.3, -0.25) is 14.4 Å². The summed E-state index contributed by atoms with van der Waals surface area (Å²) >= 11 is 0. The molecule has 0 aliphatic carbocycles. The number of carbonyl (C=O) groups excluding carboxylic acids is 3. The number of esters is 2. The van der Waals surface area contributed by atoms with Crippen molar-refractivity contribution in [3.8, 4) is 0 Å². The van der Waals surface area contributed by atoms with E-state index in [0.29, 0.717) is 45.2 Å². The largest absolute Gasteiger partial charge is 0.458 e. The van der Waals surface area contributed by atoms with Crippen LogP contribution in [0.15, 0.2) is 24.3 Å². The van der Waals surface area contributed by atoms with Gasteiger partial charge in [0.25, 0.3) is 11.8 Å². The van der Waals surface area contributed by atoms with Crippen molar-refractivity contribution in [3.63, 3.8) is 0 Å². The molecule has 0 N–H and O–H groups in total. The number of hydrogen-bond acceptors (Lipinski definition) is 6. The summed E-state index contributed by atoms with van der Waals surface area (Å²) in [7, 11) is 3.98. The van der Waals surface area contributed by atoms with E-state index in [9.17, 15) is 31.9 Å². The zero-order chi connectivity index (χ0) is 40.0. The van der Waals surface area contributed by atoms with E-state index < -0.39 is 24.1 Å². The van der Waals surface area contributed by atoms with Gasteiger partial charge >= 0.3 is 11.9 Å². The van der Waals surface area contributed by atoms with Gasteiger partial charge in [-0.2, -0.15) is 0 Å². The van der Waals surface area contributed by atoms with E-state index in [1.165, 1.54) is 12.2 Å². The van der Waals surface area contributed by atoms with Gasteiger partial charge in [-0.05, 0) is 104 Å². The molecule has 11 heteroatoms. The van der Waals surface area contributed by atoms with E-state index in [0.717, 1.165) is 102 Å². The Bertz CT molecular complexity index is 955. The minimum Gasteiger partial charge on any atom is -0.458 e. The van der Waals surface area contributed by atoms with Crippen LogP contribution < -0.4 is 0 Å². The van der Waals surface area contributed by atoms with Crippen LogP contribution in [0, 0.1) is 0 Å². The monoisotopic (exact) mass is 763 g/mol. The molecule has 0 aromatic rings. The highest BCUT2D eigenvalue weighted by atomic mass is 19.3. The van der Waals surface area contributed by atoms with Crippen molar-refractivity contribution in [2.24, 2.45) is 0 Å². The summed E-state index contributed by atoms with van der Waals surface area (Å²) in [4.78, 5) is 41.4. The van der Waals surface area contributed by atoms with E-state index in [1.807, 2.05) is 32.8 Å². The van der Waals surface area contributed by atoms with E-state index in [-0.39, 0.29) is 43.5 Å². The van der Waals surface area contributed by atoms with E-state index in [1.54, 1.807) is 13.8 Å². The van der Waals surface area contributed by atoms with Crippen LogP contribution in [0.1, 0.15) is 169 Å². The molecule has 1 amide bonds. The number of hydrogen-bond donors (Lipinski definition) is 0. The summed E-state index contributed by atoms with van der Waals surface area (Å²) in [5.41, 5.74) is 0. The summed E-state index contributed by atoms with van der Waals surface area (Å²) < 4.78 is 66.3. The lowest BCUT2D eigenvalue weighted by Gasteiger charge is -2.23. The van der Waals surface area contributed by atoms with Crippen LogP contribution in [-0.4, -0.2) is 85.4 Å². The third-order valence-electron chi connectivity index (χ3n) is 9.05. The number of halogens is 4. The number of unbranched alkanes of at least 4 members (excludes halogenated alkanes) is 12. The Morgan fingerprint density at radius 2 is 0.943 bits per heavy atom. The van der Waals surface area contributed by atoms with Crippen LogP contribution >= 0.6 is 0 Å². The minimum absolute atomic E-state index is 0.168. The molecule has 0 bridgehead atoms. The third kappa shape index (κ3) is 31.6. The molecule has 0 fully saturated rings. The van der Waals surface area contributed by atoms with Crippen molar-refractivity contribution in [2.45, 2.75) is 193 Å². The number of carbonyl (C=O) groups is 3. The van der Waals surface area contributed by atoms with Crippen LogP contribution in [0.25, 0.3) is 0 Å². The lowest BCUT2D eigenvalue weighted by Crippen LogP contribution is -2.33. The quantitative estimate of drug-likeness (QED) is 0.0281. The van der Waals surface area contributed by atoms with Crippen LogP contribution in [0.5, 0.6) is 0 Å². The number of alkyl halides is 4. The third-order valence-corrected chi connectivity index (χ3v) is 9.05. The SMILES string of the molecule is CCCCCC(F)(F)C=CC(C)OC(=O)CCCCCCCN(CCCCCCCC(=O)OC(C)C=CC(F)(F)CCCCC)C(=O)CCCN(C)C. The molecule has 0 aromatic carbocycles. The van der Waals surface area contributed by atoms with Crippen LogP contribution in [0.4, 0.5) is 17.6 Å². The topological polar surface area (TPSA) is 76.1 Å². The molecule has 0 saturated heterocycles. The number of allylic oxidation sites excluding steroid dienone is 2. The van der Waals surface area contributed by atoms with E-state index in [2.05, 4.69) is 4.90 Å². The predicted molar refractivity (Wildman–Crippen MR) is 207 cm³/mol. The first-order valence-electron chi connectivity index (χ1n) is 20.6. The average Bonchev–Trinajstić information content (AvgIpc) is 3.08. The molecule has 2 unspecified atom stereocenters. The molecule has 0 saturated carbocycles. The fraction of sp³-hybridized carbons (Fsp3) is 0.833. The number of amides is 1. The van der Waals surface area contributed by atoms with Gasteiger partial charge in [-0.1, -0.05) is 78.1 Å². The van der Waals surface area contributed by atoms with E-state index in [4.69, 9.17) is 9.47 Å². The standard InChI is InChI=1S/C42H74F4N2O5/c1-7-9-19-29-41(43,44)31-27-36(3)52-39(50)25-17-13-11-15-21-34-48(38(49)24-23-33-47(5)6)35-22-16-12-14-18-26-40(51)53-37(4)28-32-42(45,46)30-20-10-8-2/h27-28,31-32,36-37H,7-26,29-30,33-35H2,1-6H3. The Balaban J connectivity index is 4.39. The van der Waals surface area contributed by atoms with Gasteiger partial charge in [-0.15, -0.1) is 0 Å². The molecule has 0 rings (SSSR count). The normalized spacial score (nSPS) is 13.6. The van der Waals surface area contributed by atoms with Crippen molar-refractivity contribution < 1.29 is 41.4 Å². The maximum absolute atomic E-state index is 13.9. The highest BCUT2D eigenvalue weighted by Gasteiger charge is 2.25. The zero-order valence-corrected chi connectivity index (χ0v) is 34.1. The molecular formula is C42H74F4N2O5. The maximum atomic E-state index is 13.9. The Morgan fingerprint density at radius 3 is 1.34 bits per heavy atom. The fourth-order valence-electron chi connectivity index (χ4n) is 5.82. The number of ether oxygens (including phenoxy) is 2. The summed E-state index contributed by atoms with van der Waals surface area (Å²) in [5, 5.41) is 0. The Hall–Kier alpha value is -2.43. The second-order valence-corrected chi connectivity index (χ2v) is 14.9. The van der Waals surface area contributed by atoms with Crippen molar-refractivity contribution in [1.82, 2.24) is 9.80 Å². The summed E-state index contributed by atoms with van der Waals surface area (Å²) in [5.74, 6) is -6.37. The first kappa shape index (κ1) is 50.6. The Kier molecular flexibility index (Phi) is 29.4. The van der Waals surface area contributed by atoms with Gasteiger partial charge in [0.2, 0.25) is 5.91 Å². The first-order chi connectivity index (χ1) is 25.1. The van der Waals surface area contributed by atoms with Crippen LogP contribution in [-0.2, 0) is 23.9 Å². The molecule has 0 spiro atoms. The van der Waals surface area contributed by atoms with Crippen molar-refractivity contribution in [2.75, 3.05) is 33.7 Å². The maximum Gasteiger partial charge on any atom is 0.306 e. The second-order valence-electron chi connectivity index (χ2n) is 14.9. The van der Waals surface area contributed by atoms with Crippen molar-refractivity contribution in [3.05, 3.63) is 24.3 Å². The van der Waals surface area contributed by atoms with Crippen molar-refractivity contribution >= 4 is 17.8 Å². The zero-order valence-electron chi connectivity index (χ0n) is 34.1. The average molecular weight is 763 g/mol. The highest BCUT2D eigenvalue weighted by molar-refractivity contribution is 5.76. The molecule has 53 heavy (non-hydrogen) atoms. The van der Waals surface area contributed by atoms with E-state index >= 15 is 0 Å². The Labute approximate surface area is 319 Å². The van der Waals surface area contributed by atoms with Gasteiger partial charge in [0, 0.05) is 45.2 Å². The number of rotatable bonds is 34. The molecular weight excluding hydrogens is 688 g/mol. The molecule has 7 nitrogen and oxygen atoms in total. The molecule has 2 atom stereocenters. The van der Waals surface area contributed by atoms with Gasteiger partial charge < -0.3 is 19.3 Å². The van der Waals surface area contributed by atoms with Crippen LogP contribution in [0.3, 0.4) is 0 Å². The molecule has 0 radical (unpaired) electrons. The lowest BCUT2D eigenvalue weighted by atomic mass is 10.1. The summed E-state index contributed by atoms with van der Waals surface area (Å²) in [6.07, 6.45) is 17.0. The first-order valence-corrected chi connectivity index (χ1v) is 20.6. The fourth-order valence-corrected chi connectivity index (χ4v) is 5.82. The van der Waals surface area contributed by atoms with Crippen LogP contribution in [0.2, 0.25) is 0 Å². The van der Waals surface area contributed by atoms with Gasteiger partial charge in [0.15, 0.2) is 0 Å².